The smallest absolute Gasteiger partial charge is 0.279 e. The number of rotatable bonds is 7. The van der Waals surface area contributed by atoms with Crippen LogP contribution in [0, 0.1) is 5.92 Å². The van der Waals surface area contributed by atoms with Crippen molar-refractivity contribution in [3.8, 4) is 0 Å². The lowest BCUT2D eigenvalue weighted by Crippen LogP contribution is -2.49. The van der Waals surface area contributed by atoms with E-state index in [1.807, 2.05) is 11.8 Å². The Labute approximate surface area is 133 Å². The van der Waals surface area contributed by atoms with E-state index in [4.69, 9.17) is 0 Å². The van der Waals surface area contributed by atoms with Crippen molar-refractivity contribution in [2.45, 2.75) is 44.3 Å². The molecule has 2 unspecified atom stereocenters. The van der Waals surface area contributed by atoms with Crippen LogP contribution in [-0.4, -0.2) is 55.9 Å². The Bertz CT molecular complexity index is 422. The highest BCUT2D eigenvalue weighted by Crippen LogP contribution is 2.37. The van der Waals surface area contributed by atoms with Crippen LogP contribution in [0.4, 0.5) is 0 Å². The lowest BCUT2D eigenvalue weighted by molar-refractivity contribution is 0.258. The molecular weight excluding hydrogens is 306 g/mol. The molecule has 0 spiro atoms. The van der Waals surface area contributed by atoms with E-state index in [-0.39, 0.29) is 4.75 Å². The van der Waals surface area contributed by atoms with Crippen molar-refractivity contribution in [3.63, 3.8) is 0 Å². The van der Waals surface area contributed by atoms with Gasteiger partial charge in [0.05, 0.1) is 0 Å². The first-order valence-electron chi connectivity index (χ1n) is 8.04. The fourth-order valence-corrected chi connectivity index (χ4v) is 5.87. The zero-order valence-electron chi connectivity index (χ0n) is 13.2. The Kier molecular flexibility index (Phi) is 6.38. The molecule has 5 nitrogen and oxygen atoms in total. The molecule has 0 radical (unpaired) electrons. The maximum atomic E-state index is 12.5. The van der Waals surface area contributed by atoms with E-state index in [0.717, 1.165) is 38.1 Å². The molecule has 0 amide bonds. The third kappa shape index (κ3) is 5.10. The molecule has 2 heterocycles. The van der Waals surface area contributed by atoms with E-state index >= 15 is 0 Å². The van der Waals surface area contributed by atoms with Gasteiger partial charge in [-0.15, -0.1) is 0 Å². The molecule has 0 saturated carbocycles. The molecule has 0 aromatic carbocycles. The Balaban J connectivity index is 1.86. The number of hydrogen-bond acceptors (Lipinski definition) is 4. The quantitative estimate of drug-likeness (QED) is 0.739. The summed E-state index contributed by atoms with van der Waals surface area (Å²) < 4.78 is 29.5. The fourth-order valence-electron chi connectivity index (χ4n) is 3.07. The van der Waals surface area contributed by atoms with Crippen LogP contribution in [0.2, 0.25) is 0 Å². The van der Waals surface area contributed by atoms with Crippen molar-refractivity contribution in [2.24, 2.45) is 5.92 Å². The van der Waals surface area contributed by atoms with Gasteiger partial charge in [0.15, 0.2) is 0 Å². The standard InChI is InChI=1S/C14H29N3O2S2/c1-3-15-10-13-6-4-8-17(11-13)21(18,19)16-12-14(2)7-5-9-20-14/h13,15-16H,3-12H2,1-2H3. The van der Waals surface area contributed by atoms with Crippen molar-refractivity contribution in [3.05, 3.63) is 0 Å². The summed E-state index contributed by atoms with van der Waals surface area (Å²) in [7, 11) is -3.32. The van der Waals surface area contributed by atoms with Crippen LogP contribution in [0.15, 0.2) is 0 Å². The normalized spacial score (nSPS) is 31.6. The van der Waals surface area contributed by atoms with E-state index in [2.05, 4.69) is 23.9 Å². The maximum Gasteiger partial charge on any atom is 0.279 e. The Morgan fingerprint density at radius 1 is 1.38 bits per heavy atom. The van der Waals surface area contributed by atoms with Gasteiger partial charge in [0.2, 0.25) is 0 Å². The van der Waals surface area contributed by atoms with Gasteiger partial charge in [-0.25, -0.2) is 4.72 Å². The third-order valence-electron chi connectivity index (χ3n) is 4.43. The molecule has 21 heavy (non-hydrogen) atoms. The summed E-state index contributed by atoms with van der Waals surface area (Å²) in [5.74, 6) is 1.58. The number of nitrogens with one attached hydrogen (secondary N) is 2. The first-order chi connectivity index (χ1) is 9.95. The molecule has 7 heteroatoms. The van der Waals surface area contributed by atoms with Crippen molar-refractivity contribution < 1.29 is 8.42 Å². The van der Waals surface area contributed by atoms with Gasteiger partial charge in [-0.2, -0.15) is 24.5 Å². The summed E-state index contributed by atoms with van der Waals surface area (Å²) in [6, 6.07) is 0. The predicted octanol–water partition coefficient (Wildman–Crippen LogP) is 1.43. The van der Waals surface area contributed by atoms with E-state index in [0.29, 0.717) is 25.6 Å². The summed E-state index contributed by atoms with van der Waals surface area (Å²) in [5.41, 5.74) is 0. The Morgan fingerprint density at radius 2 is 2.19 bits per heavy atom. The minimum Gasteiger partial charge on any atom is -0.317 e. The minimum atomic E-state index is -3.32. The molecule has 0 aromatic rings. The predicted molar refractivity (Wildman–Crippen MR) is 89.9 cm³/mol. The van der Waals surface area contributed by atoms with Gasteiger partial charge in [-0.05, 0) is 57.4 Å². The minimum absolute atomic E-state index is 0.0754. The fraction of sp³-hybridized carbons (Fsp3) is 1.00. The molecule has 2 atom stereocenters. The largest absolute Gasteiger partial charge is 0.317 e. The molecule has 0 aliphatic carbocycles. The molecule has 124 valence electrons. The van der Waals surface area contributed by atoms with E-state index in [9.17, 15) is 8.42 Å². The highest BCUT2D eigenvalue weighted by molar-refractivity contribution is 8.00. The van der Waals surface area contributed by atoms with Gasteiger partial charge in [0, 0.05) is 24.4 Å². The van der Waals surface area contributed by atoms with Crippen molar-refractivity contribution in [2.75, 3.05) is 38.5 Å². The summed E-state index contributed by atoms with van der Waals surface area (Å²) in [6.45, 7) is 7.95. The summed E-state index contributed by atoms with van der Waals surface area (Å²) in [6.07, 6.45) is 4.37. The lowest BCUT2D eigenvalue weighted by atomic mass is 10.00. The van der Waals surface area contributed by atoms with Crippen LogP contribution in [-0.2, 0) is 10.2 Å². The van der Waals surface area contributed by atoms with Crippen LogP contribution >= 0.6 is 11.8 Å². The number of nitrogens with zero attached hydrogens (tertiary/aromatic N) is 1. The number of piperidine rings is 1. The highest BCUT2D eigenvalue weighted by atomic mass is 32.2. The maximum absolute atomic E-state index is 12.5. The van der Waals surface area contributed by atoms with Crippen LogP contribution in [0.3, 0.4) is 0 Å². The second-order valence-electron chi connectivity index (χ2n) is 6.40. The second-order valence-corrected chi connectivity index (χ2v) is 9.84. The van der Waals surface area contributed by atoms with Gasteiger partial charge < -0.3 is 5.32 Å². The van der Waals surface area contributed by atoms with E-state index < -0.39 is 10.2 Å². The molecule has 2 rings (SSSR count). The molecular formula is C14H29N3O2S2. The van der Waals surface area contributed by atoms with Gasteiger partial charge in [-0.1, -0.05) is 6.92 Å². The number of hydrogen-bond donors (Lipinski definition) is 2. The van der Waals surface area contributed by atoms with Gasteiger partial charge in [0.1, 0.15) is 0 Å². The van der Waals surface area contributed by atoms with Crippen molar-refractivity contribution >= 4 is 22.0 Å². The summed E-state index contributed by atoms with van der Waals surface area (Å²) in [4.78, 5) is 0. The molecule has 2 saturated heterocycles. The van der Waals surface area contributed by atoms with Crippen molar-refractivity contribution in [1.29, 1.82) is 0 Å². The first-order valence-corrected chi connectivity index (χ1v) is 10.5. The molecule has 0 aromatic heterocycles. The molecule has 2 fully saturated rings. The SMILES string of the molecule is CCNCC1CCCN(S(=O)(=O)NCC2(C)CCCS2)C1. The average Bonchev–Trinajstić information content (AvgIpc) is 2.91. The van der Waals surface area contributed by atoms with Crippen LogP contribution in [0.1, 0.15) is 39.5 Å². The second kappa shape index (κ2) is 7.64. The van der Waals surface area contributed by atoms with Crippen LogP contribution in [0.25, 0.3) is 0 Å². The average molecular weight is 336 g/mol. The van der Waals surface area contributed by atoms with Crippen LogP contribution in [0.5, 0.6) is 0 Å². The van der Waals surface area contributed by atoms with E-state index in [1.54, 1.807) is 4.31 Å². The summed E-state index contributed by atoms with van der Waals surface area (Å²) in [5, 5.41) is 3.33. The van der Waals surface area contributed by atoms with Gasteiger partial charge in [-0.3, -0.25) is 0 Å². The van der Waals surface area contributed by atoms with Gasteiger partial charge in [0.25, 0.3) is 10.2 Å². The molecule has 2 aliphatic heterocycles. The molecule has 2 aliphatic rings. The molecule has 2 N–H and O–H groups in total. The third-order valence-corrected chi connectivity index (χ3v) is 7.49. The molecule has 0 bridgehead atoms. The van der Waals surface area contributed by atoms with E-state index in [1.165, 1.54) is 6.42 Å². The highest BCUT2D eigenvalue weighted by Gasteiger charge is 2.33. The summed E-state index contributed by atoms with van der Waals surface area (Å²) >= 11 is 1.89. The van der Waals surface area contributed by atoms with Crippen molar-refractivity contribution in [1.82, 2.24) is 14.3 Å². The monoisotopic (exact) mass is 335 g/mol. The topological polar surface area (TPSA) is 61.4 Å². The number of thioether (sulfide) groups is 1. The Morgan fingerprint density at radius 3 is 2.86 bits per heavy atom. The van der Waals surface area contributed by atoms with Gasteiger partial charge >= 0.3 is 0 Å². The lowest BCUT2D eigenvalue weighted by Gasteiger charge is -2.33. The Hall–Kier alpha value is 0.180. The van der Waals surface area contributed by atoms with Crippen LogP contribution < -0.4 is 10.0 Å². The zero-order valence-corrected chi connectivity index (χ0v) is 14.9. The zero-order chi connectivity index (χ0) is 15.3. The first kappa shape index (κ1) is 17.5.